The first-order valence-electron chi connectivity index (χ1n) is 9.39. The number of alkyl halides is 3. The number of aliphatic hydroxyl groups is 1. The Morgan fingerprint density at radius 3 is 2.81 bits per heavy atom. The number of aromatic nitrogens is 2. The smallest absolute Gasteiger partial charge is 0.410 e. The molecule has 3 heterocycles. The maximum atomic E-state index is 13.8. The lowest BCUT2D eigenvalue weighted by molar-refractivity contribution is -0.174. The predicted molar refractivity (Wildman–Crippen MR) is 107 cm³/mol. The fraction of sp³-hybridized carbons (Fsp3) is 0.300. The molecule has 0 spiro atoms. The van der Waals surface area contributed by atoms with Crippen molar-refractivity contribution in [2.24, 2.45) is 0 Å². The minimum atomic E-state index is -4.61. The molecule has 3 aromatic rings. The molecule has 2 aromatic heterocycles. The third kappa shape index (κ3) is 4.13. The number of hydrogen-bond donors (Lipinski definition) is 3. The van der Waals surface area contributed by atoms with E-state index in [4.69, 9.17) is 16.0 Å². The standard InChI is InChI=1S/C20H18ClF3N4O3/c1-10(29)11-4-2-5-12(8-11)25-19(30)17-16(21)18-26-13(14-6-3-7-31-14)9-15(20(22,23)24)28(18)27-17/h2-8,10,13,15,26,29H,9H2,1H3,(H,25,30)/t10?,13-,15+/m0/s1. The average Bonchev–Trinajstić information content (AvgIpc) is 3.35. The van der Waals surface area contributed by atoms with Crippen molar-refractivity contribution < 1.29 is 27.5 Å². The van der Waals surface area contributed by atoms with Crippen LogP contribution in [-0.2, 0) is 0 Å². The lowest BCUT2D eigenvalue weighted by atomic mass is 10.0. The zero-order chi connectivity index (χ0) is 22.3. The summed E-state index contributed by atoms with van der Waals surface area (Å²) in [6.45, 7) is 1.57. The summed E-state index contributed by atoms with van der Waals surface area (Å²) >= 11 is 6.28. The SMILES string of the molecule is CC(O)c1cccc(NC(=O)c2nn3c(c2Cl)N[C@H](c2ccco2)C[C@@H]3C(F)(F)F)c1. The van der Waals surface area contributed by atoms with Crippen molar-refractivity contribution in [1.29, 1.82) is 0 Å². The molecule has 1 aliphatic heterocycles. The van der Waals surface area contributed by atoms with Gasteiger partial charge in [-0.3, -0.25) is 4.79 Å². The van der Waals surface area contributed by atoms with Gasteiger partial charge in [-0.2, -0.15) is 18.3 Å². The normalized spacial score (nSPS) is 19.4. The van der Waals surface area contributed by atoms with Gasteiger partial charge in [-0.15, -0.1) is 0 Å². The lowest BCUT2D eigenvalue weighted by Gasteiger charge is -2.32. The highest BCUT2D eigenvalue weighted by Crippen LogP contribution is 2.46. The van der Waals surface area contributed by atoms with Gasteiger partial charge in [0.1, 0.15) is 16.6 Å². The zero-order valence-electron chi connectivity index (χ0n) is 16.2. The number of amides is 1. The Morgan fingerprint density at radius 2 is 2.16 bits per heavy atom. The molecular weight excluding hydrogens is 437 g/mol. The summed E-state index contributed by atoms with van der Waals surface area (Å²) < 4.78 is 47.2. The topological polar surface area (TPSA) is 92.3 Å². The van der Waals surface area contributed by atoms with E-state index < -0.39 is 30.3 Å². The minimum Gasteiger partial charge on any atom is -0.467 e. The molecule has 3 N–H and O–H groups in total. The Balaban J connectivity index is 1.67. The van der Waals surface area contributed by atoms with Gasteiger partial charge in [0.05, 0.1) is 18.4 Å². The number of nitrogens with zero attached hydrogens (tertiary/aromatic N) is 2. The second-order valence-electron chi connectivity index (χ2n) is 7.22. The van der Waals surface area contributed by atoms with E-state index in [1.807, 2.05) is 0 Å². The van der Waals surface area contributed by atoms with E-state index in [1.165, 1.54) is 6.26 Å². The molecule has 1 aliphatic rings. The molecule has 1 unspecified atom stereocenters. The van der Waals surface area contributed by atoms with Crippen LogP contribution in [0.2, 0.25) is 5.02 Å². The van der Waals surface area contributed by atoms with E-state index in [2.05, 4.69) is 15.7 Å². The second-order valence-corrected chi connectivity index (χ2v) is 7.59. The number of halogens is 4. The molecule has 164 valence electrons. The van der Waals surface area contributed by atoms with Gasteiger partial charge in [0, 0.05) is 12.1 Å². The maximum Gasteiger partial charge on any atom is 0.410 e. The molecule has 0 fully saturated rings. The van der Waals surface area contributed by atoms with Crippen LogP contribution in [0, 0.1) is 0 Å². The monoisotopic (exact) mass is 454 g/mol. The molecule has 1 amide bonds. The molecule has 0 saturated heterocycles. The highest BCUT2D eigenvalue weighted by atomic mass is 35.5. The third-order valence-electron chi connectivity index (χ3n) is 5.02. The number of hydrogen-bond acceptors (Lipinski definition) is 5. The number of aliphatic hydroxyl groups excluding tert-OH is 1. The summed E-state index contributed by atoms with van der Waals surface area (Å²) in [5.41, 5.74) is 0.563. The molecule has 0 saturated carbocycles. The molecule has 11 heteroatoms. The van der Waals surface area contributed by atoms with E-state index in [0.717, 1.165) is 0 Å². The third-order valence-corrected chi connectivity index (χ3v) is 5.38. The predicted octanol–water partition coefficient (Wildman–Crippen LogP) is 5.10. The number of carbonyl (C=O) groups is 1. The highest BCUT2D eigenvalue weighted by Gasteiger charge is 2.48. The van der Waals surface area contributed by atoms with Crippen LogP contribution in [0.4, 0.5) is 24.7 Å². The van der Waals surface area contributed by atoms with Crippen LogP contribution in [-0.4, -0.2) is 27.0 Å². The van der Waals surface area contributed by atoms with Gasteiger partial charge in [0.2, 0.25) is 0 Å². The van der Waals surface area contributed by atoms with Crippen molar-refractivity contribution in [3.63, 3.8) is 0 Å². The molecule has 7 nitrogen and oxygen atoms in total. The van der Waals surface area contributed by atoms with E-state index in [-0.39, 0.29) is 23.0 Å². The lowest BCUT2D eigenvalue weighted by Crippen LogP contribution is -2.35. The van der Waals surface area contributed by atoms with Crippen molar-refractivity contribution >= 4 is 29.0 Å². The number of carbonyl (C=O) groups excluding carboxylic acids is 1. The molecule has 1 aromatic carbocycles. The van der Waals surface area contributed by atoms with Crippen molar-refractivity contribution in [3.8, 4) is 0 Å². The largest absolute Gasteiger partial charge is 0.467 e. The molecular formula is C20H18ClF3N4O3. The number of nitrogens with one attached hydrogen (secondary N) is 2. The number of fused-ring (bicyclic) bond motifs is 1. The quantitative estimate of drug-likeness (QED) is 0.510. The number of furan rings is 1. The van der Waals surface area contributed by atoms with Crippen LogP contribution in [0.3, 0.4) is 0 Å². The fourth-order valence-corrected chi connectivity index (χ4v) is 3.74. The number of rotatable bonds is 4. The Kier molecular flexibility index (Phi) is 5.44. The number of anilines is 2. The van der Waals surface area contributed by atoms with Crippen LogP contribution >= 0.6 is 11.6 Å². The first-order valence-corrected chi connectivity index (χ1v) is 9.77. The van der Waals surface area contributed by atoms with Gasteiger partial charge in [-0.25, -0.2) is 4.68 Å². The molecule has 4 rings (SSSR count). The minimum absolute atomic E-state index is 0.112. The first kappa shape index (κ1) is 21.3. The van der Waals surface area contributed by atoms with Crippen molar-refractivity contribution in [2.45, 2.75) is 37.7 Å². The van der Waals surface area contributed by atoms with Crippen LogP contribution in [0.25, 0.3) is 0 Å². The average molecular weight is 455 g/mol. The Hall–Kier alpha value is -2.98. The molecule has 0 aliphatic carbocycles. The Labute approximate surface area is 179 Å². The number of benzene rings is 1. The van der Waals surface area contributed by atoms with E-state index in [0.29, 0.717) is 21.7 Å². The van der Waals surface area contributed by atoms with Gasteiger partial charge < -0.3 is 20.2 Å². The van der Waals surface area contributed by atoms with Crippen LogP contribution < -0.4 is 10.6 Å². The fourth-order valence-electron chi connectivity index (χ4n) is 3.48. The highest BCUT2D eigenvalue weighted by molar-refractivity contribution is 6.36. The summed E-state index contributed by atoms with van der Waals surface area (Å²) in [5, 5.41) is 18.8. The molecule has 0 bridgehead atoms. The van der Waals surface area contributed by atoms with Crippen molar-refractivity contribution in [3.05, 3.63) is 64.7 Å². The van der Waals surface area contributed by atoms with E-state index in [1.54, 1.807) is 43.3 Å². The maximum absolute atomic E-state index is 13.8. The van der Waals surface area contributed by atoms with Crippen molar-refractivity contribution in [1.82, 2.24) is 9.78 Å². The van der Waals surface area contributed by atoms with Gasteiger partial charge in [-0.05, 0) is 36.8 Å². The second kappa shape index (κ2) is 7.93. The van der Waals surface area contributed by atoms with Gasteiger partial charge >= 0.3 is 6.18 Å². The molecule has 3 atom stereocenters. The zero-order valence-corrected chi connectivity index (χ0v) is 16.9. The van der Waals surface area contributed by atoms with E-state index >= 15 is 0 Å². The summed E-state index contributed by atoms with van der Waals surface area (Å²) in [6.07, 6.45) is -4.38. The van der Waals surface area contributed by atoms with Crippen LogP contribution in [0.1, 0.15) is 53.3 Å². The molecule has 31 heavy (non-hydrogen) atoms. The first-order chi connectivity index (χ1) is 14.6. The van der Waals surface area contributed by atoms with Gasteiger partial charge in [0.15, 0.2) is 11.7 Å². The Morgan fingerprint density at radius 1 is 1.39 bits per heavy atom. The summed E-state index contributed by atoms with van der Waals surface area (Å²) in [6, 6.07) is 6.80. The van der Waals surface area contributed by atoms with Crippen LogP contribution in [0.5, 0.6) is 0 Å². The summed E-state index contributed by atoms with van der Waals surface area (Å²) in [4.78, 5) is 12.7. The summed E-state index contributed by atoms with van der Waals surface area (Å²) in [7, 11) is 0. The van der Waals surface area contributed by atoms with Gasteiger partial charge in [-0.1, -0.05) is 23.7 Å². The van der Waals surface area contributed by atoms with Gasteiger partial charge in [0.25, 0.3) is 5.91 Å². The summed E-state index contributed by atoms with van der Waals surface area (Å²) in [5.74, 6) is -0.565. The van der Waals surface area contributed by atoms with Crippen LogP contribution in [0.15, 0.2) is 47.1 Å². The molecule has 0 radical (unpaired) electrons. The van der Waals surface area contributed by atoms with E-state index in [9.17, 15) is 23.1 Å². The Bertz CT molecular complexity index is 1100. The van der Waals surface area contributed by atoms with Crippen molar-refractivity contribution in [2.75, 3.05) is 10.6 Å².